The van der Waals surface area contributed by atoms with Crippen molar-refractivity contribution in [3.8, 4) is 0 Å². The first-order valence-electron chi connectivity index (χ1n) is 5.91. The molecule has 0 radical (unpaired) electrons. The quantitative estimate of drug-likeness (QED) is 0.931. The number of pyridine rings is 1. The van der Waals surface area contributed by atoms with Crippen molar-refractivity contribution in [3.05, 3.63) is 53.9 Å². The van der Waals surface area contributed by atoms with E-state index in [1.54, 1.807) is 18.2 Å². The molecule has 0 aliphatic heterocycles. The van der Waals surface area contributed by atoms with Crippen LogP contribution in [0.4, 0.5) is 5.69 Å². The van der Waals surface area contributed by atoms with E-state index in [1.165, 1.54) is 6.26 Å². The summed E-state index contributed by atoms with van der Waals surface area (Å²) in [5, 5.41) is 3.19. The summed E-state index contributed by atoms with van der Waals surface area (Å²) in [6.45, 7) is 2.55. The number of nitrogens with one attached hydrogen (secondary N) is 1. The van der Waals surface area contributed by atoms with E-state index >= 15 is 0 Å². The van der Waals surface area contributed by atoms with E-state index in [-0.39, 0.29) is 0 Å². The summed E-state index contributed by atoms with van der Waals surface area (Å²) in [6, 6.07) is 10.7. The van der Waals surface area contributed by atoms with E-state index in [4.69, 9.17) is 0 Å². The lowest BCUT2D eigenvalue weighted by Crippen LogP contribution is -2.02. The Kier molecular flexibility index (Phi) is 3.85. The summed E-state index contributed by atoms with van der Waals surface area (Å²) in [5.41, 5.74) is 2.81. The Morgan fingerprint density at radius 3 is 2.63 bits per heavy atom. The van der Waals surface area contributed by atoms with Gasteiger partial charge in [-0.05, 0) is 36.8 Å². The van der Waals surface area contributed by atoms with E-state index in [1.807, 2.05) is 31.3 Å². The molecule has 0 atom stereocenters. The number of hydrogen-bond acceptors (Lipinski definition) is 4. The third-order valence-corrected chi connectivity index (χ3v) is 3.84. The van der Waals surface area contributed by atoms with Gasteiger partial charge in [0, 0.05) is 30.4 Å². The standard InChI is InChI=1S/C14H16N2O2S/c1-11-6-7-12(9-15-11)10-16-13-4-3-5-14(8-13)19(2,17)18/h3-9,16H,10H2,1-2H3. The second-order valence-corrected chi connectivity index (χ2v) is 6.48. The van der Waals surface area contributed by atoms with Gasteiger partial charge in [-0.25, -0.2) is 8.42 Å². The highest BCUT2D eigenvalue weighted by Gasteiger charge is 2.06. The lowest BCUT2D eigenvalue weighted by molar-refractivity contribution is 0.602. The zero-order chi connectivity index (χ0) is 13.9. The SMILES string of the molecule is Cc1ccc(CNc2cccc(S(C)(=O)=O)c2)cn1. The number of nitrogens with zero attached hydrogens (tertiary/aromatic N) is 1. The average molecular weight is 276 g/mol. The van der Waals surface area contributed by atoms with Crippen LogP contribution in [-0.4, -0.2) is 19.7 Å². The number of rotatable bonds is 4. The van der Waals surface area contributed by atoms with Crippen LogP contribution in [0.25, 0.3) is 0 Å². The zero-order valence-electron chi connectivity index (χ0n) is 10.9. The molecule has 0 saturated carbocycles. The fourth-order valence-corrected chi connectivity index (χ4v) is 2.31. The number of anilines is 1. The summed E-state index contributed by atoms with van der Waals surface area (Å²) >= 11 is 0. The third kappa shape index (κ3) is 3.79. The van der Waals surface area contributed by atoms with E-state index < -0.39 is 9.84 Å². The molecule has 0 spiro atoms. The molecule has 2 aromatic rings. The number of sulfone groups is 1. The number of benzene rings is 1. The van der Waals surface area contributed by atoms with Gasteiger partial charge in [0.2, 0.25) is 0 Å². The van der Waals surface area contributed by atoms with Crippen LogP contribution < -0.4 is 5.32 Å². The van der Waals surface area contributed by atoms with Crippen LogP contribution in [-0.2, 0) is 16.4 Å². The highest BCUT2D eigenvalue weighted by Crippen LogP contribution is 2.16. The molecule has 100 valence electrons. The molecule has 0 bridgehead atoms. The Hall–Kier alpha value is -1.88. The second kappa shape index (κ2) is 5.40. The first-order valence-corrected chi connectivity index (χ1v) is 7.80. The van der Waals surface area contributed by atoms with Gasteiger partial charge in [-0.3, -0.25) is 4.98 Å². The molecule has 1 heterocycles. The van der Waals surface area contributed by atoms with Crippen LogP contribution in [0.2, 0.25) is 0 Å². The molecule has 5 heteroatoms. The van der Waals surface area contributed by atoms with Gasteiger partial charge < -0.3 is 5.32 Å². The maximum atomic E-state index is 11.5. The molecule has 0 unspecified atom stereocenters. The Labute approximate surface area is 113 Å². The maximum absolute atomic E-state index is 11.5. The molecule has 0 aliphatic rings. The van der Waals surface area contributed by atoms with Crippen LogP contribution in [0, 0.1) is 6.92 Å². The summed E-state index contributed by atoms with van der Waals surface area (Å²) in [6.07, 6.45) is 3.01. The fraction of sp³-hybridized carbons (Fsp3) is 0.214. The van der Waals surface area contributed by atoms with Gasteiger partial charge in [0.1, 0.15) is 0 Å². The topological polar surface area (TPSA) is 59.1 Å². The van der Waals surface area contributed by atoms with Crippen molar-refractivity contribution in [2.75, 3.05) is 11.6 Å². The van der Waals surface area contributed by atoms with Gasteiger partial charge in [0.25, 0.3) is 0 Å². The Morgan fingerprint density at radius 2 is 2.00 bits per heavy atom. The monoisotopic (exact) mass is 276 g/mol. The van der Waals surface area contributed by atoms with Crippen LogP contribution >= 0.6 is 0 Å². The van der Waals surface area contributed by atoms with Crippen LogP contribution in [0.15, 0.2) is 47.5 Å². The number of hydrogen-bond donors (Lipinski definition) is 1. The minimum atomic E-state index is -3.17. The molecule has 4 nitrogen and oxygen atoms in total. The average Bonchev–Trinajstić information content (AvgIpc) is 2.37. The van der Waals surface area contributed by atoms with Crippen LogP contribution in [0.3, 0.4) is 0 Å². The minimum Gasteiger partial charge on any atom is -0.381 e. The van der Waals surface area contributed by atoms with Crippen molar-refractivity contribution in [1.82, 2.24) is 4.98 Å². The van der Waals surface area contributed by atoms with Crippen molar-refractivity contribution in [2.45, 2.75) is 18.4 Å². The number of aromatic nitrogens is 1. The second-order valence-electron chi connectivity index (χ2n) is 4.46. The molecule has 1 N–H and O–H groups in total. The van der Waals surface area contributed by atoms with Crippen molar-refractivity contribution >= 4 is 15.5 Å². The predicted octanol–water partition coefficient (Wildman–Crippen LogP) is 2.41. The largest absolute Gasteiger partial charge is 0.381 e. The summed E-state index contributed by atoms with van der Waals surface area (Å²) in [5.74, 6) is 0. The Morgan fingerprint density at radius 1 is 1.21 bits per heavy atom. The fourth-order valence-electron chi connectivity index (χ4n) is 1.64. The van der Waals surface area contributed by atoms with Crippen molar-refractivity contribution in [3.63, 3.8) is 0 Å². The highest BCUT2D eigenvalue weighted by atomic mass is 32.2. The van der Waals surface area contributed by atoms with E-state index in [2.05, 4.69) is 10.3 Å². The van der Waals surface area contributed by atoms with Crippen molar-refractivity contribution < 1.29 is 8.42 Å². The first kappa shape index (κ1) is 13.5. The van der Waals surface area contributed by atoms with Crippen molar-refractivity contribution in [1.29, 1.82) is 0 Å². The van der Waals surface area contributed by atoms with E-state index in [9.17, 15) is 8.42 Å². The van der Waals surface area contributed by atoms with Gasteiger partial charge in [-0.1, -0.05) is 12.1 Å². The first-order chi connectivity index (χ1) is 8.95. The molecular weight excluding hydrogens is 260 g/mol. The summed E-state index contributed by atoms with van der Waals surface area (Å²) in [7, 11) is -3.17. The van der Waals surface area contributed by atoms with Crippen LogP contribution in [0.1, 0.15) is 11.3 Å². The van der Waals surface area contributed by atoms with Gasteiger partial charge in [0.15, 0.2) is 9.84 Å². The lowest BCUT2D eigenvalue weighted by Gasteiger charge is -2.08. The predicted molar refractivity (Wildman–Crippen MR) is 75.9 cm³/mol. The highest BCUT2D eigenvalue weighted by molar-refractivity contribution is 7.90. The molecule has 2 rings (SSSR count). The maximum Gasteiger partial charge on any atom is 0.175 e. The number of aryl methyl sites for hydroxylation is 1. The minimum absolute atomic E-state index is 0.319. The van der Waals surface area contributed by atoms with Crippen LogP contribution in [0.5, 0.6) is 0 Å². The molecule has 0 fully saturated rings. The summed E-state index contributed by atoms with van der Waals surface area (Å²) in [4.78, 5) is 4.53. The Balaban J connectivity index is 2.10. The molecule has 0 amide bonds. The lowest BCUT2D eigenvalue weighted by atomic mass is 10.2. The molecule has 0 saturated heterocycles. The van der Waals surface area contributed by atoms with Gasteiger partial charge in [0.05, 0.1) is 4.90 Å². The smallest absolute Gasteiger partial charge is 0.175 e. The Bertz CT molecular complexity index is 664. The summed E-state index contributed by atoms with van der Waals surface area (Å²) < 4.78 is 22.9. The van der Waals surface area contributed by atoms with Gasteiger partial charge in [-0.15, -0.1) is 0 Å². The molecular formula is C14H16N2O2S. The molecule has 0 aliphatic carbocycles. The normalized spacial score (nSPS) is 11.3. The molecule has 1 aromatic heterocycles. The van der Waals surface area contributed by atoms with Crippen molar-refractivity contribution in [2.24, 2.45) is 0 Å². The third-order valence-electron chi connectivity index (χ3n) is 2.73. The van der Waals surface area contributed by atoms with E-state index in [0.29, 0.717) is 11.4 Å². The van der Waals surface area contributed by atoms with Gasteiger partial charge in [-0.2, -0.15) is 0 Å². The van der Waals surface area contributed by atoms with E-state index in [0.717, 1.165) is 16.9 Å². The zero-order valence-corrected chi connectivity index (χ0v) is 11.7. The molecule has 1 aromatic carbocycles. The van der Waals surface area contributed by atoms with Gasteiger partial charge >= 0.3 is 0 Å². The molecule has 19 heavy (non-hydrogen) atoms.